The van der Waals surface area contributed by atoms with Gasteiger partial charge in [0.05, 0.1) is 6.61 Å². The molecule has 1 rings (SSSR count). The average Bonchev–Trinajstić information content (AvgIpc) is 2.74. The lowest BCUT2D eigenvalue weighted by atomic mass is 9.89. The van der Waals surface area contributed by atoms with E-state index in [0.717, 1.165) is 6.42 Å². The van der Waals surface area contributed by atoms with Crippen LogP contribution in [0.5, 0.6) is 0 Å². The molecule has 1 fully saturated rings. The Labute approximate surface area is 110 Å². The van der Waals surface area contributed by atoms with Crippen LogP contribution in [-0.4, -0.2) is 18.6 Å². The third-order valence-corrected chi connectivity index (χ3v) is 3.43. The van der Waals surface area contributed by atoms with Gasteiger partial charge in [0, 0.05) is 0 Å². The first-order valence-corrected chi connectivity index (χ1v) is 6.92. The number of rotatable bonds is 5. The van der Waals surface area contributed by atoms with E-state index < -0.39 is 0 Å². The first-order chi connectivity index (χ1) is 7.92. The fraction of sp³-hybridized carbons (Fsp3) is 0.923. The van der Waals surface area contributed by atoms with Crippen LogP contribution in [0.3, 0.4) is 0 Å². The minimum absolute atomic E-state index is 0.0840. The van der Waals surface area contributed by atoms with Crippen molar-refractivity contribution in [2.24, 2.45) is 11.3 Å². The Morgan fingerprint density at radius 1 is 1.41 bits per heavy atom. The summed E-state index contributed by atoms with van der Waals surface area (Å²) in [6.07, 6.45) is 5.45. The molecule has 17 heavy (non-hydrogen) atoms. The highest BCUT2D eigenvalue weighted by molar-refractivity contribution is 7.78. The lowest BCUT2D eigenvalue weighted by Crippen LogP contribution is -2.36. The van der Waals surface area contributed by atoms with E-state index in [4.69, 9.17) is 4.74 Å². The van der Waals surface area contributed by atoms with Crippen LogP contribution in [0.1, 0.15) is 52.9 Å². The quantitative estimate of drug-likeness (QED) is 0.745. The number of carbonyl (C=O) groups excluding carboxylic acids is 1. The topological polar surface area (TPSA) is 38.3 Å². The van der Waals surface area contributed by atoms with Crippen LogP contribution in [0.4, 0.5) is 0 Å². The number of ether oxygens (including phenoxy) is 1. The molecule has 1 aliphatic carbocycles. The standard InChI is InChI=1S/C13H25NO2S/c1-13(2,3)8-11(12(15)14-17)16-9-10-6-4-5-7-10/h10-11,17H,4-9H2,1-3H3,(H,14,15). The van der Waals surface area contributed by atoms with Crippen molar-refractivity contribution in [2.75, 3.05) is 6.61 Å². The molecule has 1 aliphatic rings. The van der Waals surface area contributed by atoms with Crippen molar-refractivity contribution in [1.82, 2.24) is 4.72 Å². The second-order valence-corrected chi connectivity index (χ2v) is 6.44. The normalized spacial score (nSPS) is 19.3. The maximum atomic E-state index is 11.7. The van der Waals surface area contributed by atoms with Gasteiger partial charge in [-0.3, -0.25) is 4.79 Å². The molecule has 0 aliphatic heterocycles. The zero-order valence-corrected chi connectivity index (χ0v) is 12.1. The molecule has 0 radical (unpaired) electrons. The molecule has 1 unspecified atom stereocenters. The van der Waals surface area contributed by atoms with Crippen LogP contribution in [-0.2, 0) is 9.53 Å². The van der Waals surface area contributed by atoms with Gasteiger partial charge < -0.3 is 9.46 Å². The Morgan fingerprint density at radius 3 is 2.47 bits per heavy atom. The molecule has 1 N–H and O–H groups in total. The van der Waals surface area contributed by atoms with E-state index in [-0.39, 0.29) is 17.4 Å². The summed E-state index contributed by atoms with van der Waals surface area (Å²) in [6.45, 7) is 7.06. The molecular weight excluding hydrogens is 234 g/mol. The van der Waals surface area contributed by atoms with Crippen molar-refractivity contribution in [2.45, 2.75) is 59.0 Å². The third kappa shape index (κ3) is 5.77. The van der Waals surface area contributed by atoms with Gasteiger partial charge in [0.15, 0.2) is 0 Å². The molecule has 1 atom stereocenters. The van der Waals surface area contributed by atoms with Crippen molar-refractivity contribution in [3.8, 4) is 0 Å². The predicted molar refractivity (Wildman–Crippen MR) is 72.9 cm³/mol. The molecule has 0 saturated heterocycles. The third-order valence-electron chi connectivity index (χ3n) is 3.21. The van der Waals surface area contributed by atoms with Crippen LogP contribution in [0.15, 0.2) is 0 Å². The highest BCUT2D eigenvalue weighted by atomic mass is 32.1. The summed E-state index contributed by atoms with van der Waals surface area (Å²) in [5.74, 6) is 0.520. The summed E-state index contributed by atoms with van der Waals surface area (Å²) in [4.78, 5) is 11.7. The average molecular weight is 259 g/mol. The summed E-state index contributed by atoms with van der Waals surface area (Å²) in [6, 6.07) is 0. The minimum Gasteiger partial charge on any atom is -0.368 e. The van der Waals surface area contributed by atoms with E-state index in [1.54, 1.807) is 0 Å². The van der Waals surface area contributed by atoms with Gasteiger partial charge in [0.25, 0.3) is 5.91 Å². The van der Waals surface area contributed by atoms with E-state index in [9.17, 15) is 4.79 Å². The van der Waals surface area contributed by atoms with Crippen molar-refractivity contribution in [1.29, 1.82) is 0 Å². The Morgan fingerprint density at radius 2 is 2.00 bits per heavy atom. The fourth-order valence-corrected chi connectivity index (χ4v) is 2.43. The molecular formula is C13H25NO2S. The summed E-state index contributed by atoms with van der Waals surface area (Å²) in [7, 11) is 0. The molecule has 1 saturated carbocycles. The molecule has 0 aromatic carbocycles. The minimum atomic E-state index is -0.368. The first kappa shape index (κ1) is 14.8. The fourth-order valence-electron chi connectivity index (χ4n) is 2.28. The summed E-state index contributed by atoms with van der Waals surface area (Å²) in [5.41, 5.74) is 0.0840. The number of amides is 1. The predicted octanol–water partition coefficient (Wildman–Crippen LogP) is 2.96. The highest BCUT2D eigenvalue weighted by Crippen LogP contribution is 2.27. The largest absolute Gasteiger partial charge is 0.368 e. The highest BCUT2D eigenvalue weighted by Gasteiger charge is 2.26. The zero-order valence-electron chi connectivity index (χ0n) is 11.2. The van der Waals surface area contributed by atoms with Crippen LogP contribution in [0.25, 0.3) is 0 Å². The number of hydrogen-bond acceptors (Lipinski definition) is 3. The molecule has 0 heterocycles. The van der Waals surface area contributed by atoms with Crippen LogP contribution in [0.2, 0.25) is 0 Å². The summed E-state index contributed by atoms with van der Waals surface area (Å²) >= 11 is 3.83. The maximum Gasteiger partial charge on any atom is 0.258 e. The van der Waals surface area contributed by atoms with E-state index in [0.29, 0.717) is 12.5 Å². The van der Waals surface area contributed by atoms with Gasteiger partial charge in [0.1, 0.15) is 6.10 Å². The molecule has 0 spiro atoms. The second-order valence-electron chi connectivity index (χ2n) is 6.21. The van der Waals surface area contributed by atoms with Gasteiger partial charge in [-0.1, -0.05) is 46.4 Å². The SMILES string of the molecule is CC(C)(C)CC(OCC1CCCC1)C(=O)NS. The van der Waals surface area contributed by atoms with E-state index in [1.165, 1.54) is 25.7 Å². The smallest absolute Gasteiger partial charge is 0.258 e. The number of carbonyl (C=O) groups is 1. The molecule has 100 valence electrons. The van der Waals surface area contributed by atoms with Crippen LogP contribution >= 0.6 is 12.8 Å². The molecule has 1 amide bonds. The van der Waals surface area contributed by atoms with E-state index in [2.05, 4.69) is 38.3 Å². The Hall–Kier alpha value is -0.220. The van der Waals surface area contributed by atoms with Crippen molar-refractivity contribution in [3.63, 3.8) is 0 Å². The Kier molecular flexibility index (Phi) is 5.80. The lowest BCUT2D eigenvalue weighted by Gasteiger charge is -2.25. The molecule has 3 nitrogen and oxygen atoms in total. The van der Waals surface area contributed by atoms with Gasteiger partial charge in [-0.2, -0.15) is 0 Å². The number of nitrogens with one attached hydrogen (secondary N) is 1. The molecule has 0 aromatic heterocycles. The van der Waals surface area contributed by atoms with Crippen molar-refractivity contribution in [3.05, 3.63) is 0 Å². The first-order valence-electron chi connectivity index (χ1n) is 6.48. The number of thiol groups is 1. The van der Waals surface area contributed by atoms with E-state index in [1.807, 2.05) is 0 Å². The van der Waals surface area contributed by atoms with E-state index >= 15 is 0 Å². The van der Waals surface area contributed by atoms with Crippen molar-refractivity contribution >= 4 is 18.7 Å². The Bertz CT molecular complexity index is 244. The monoisotopic (exact) mass is 259 g/mol. The van der Waals surface area contributed by atoms with Gasteiger partial charge in [-0.15, -0.1) is 0 Å². The molecule has 4 heteroatoms. The zero-order chi connectivity index (χ0) is 12.9. The van der Waals surface area contributed by atoms with Crippen LogP contribution in [0, 0.1) is 11.3 Å². The van der Waals surface area contributed by atoms with Crippen molar-refractivity contribution < 1.29 is 9.53 Å². The van der Waals surface area contributed by atoms with Gasteiger partial charge in [0.2, 0.25) is 0 Å². The molecule has 0 bridgehead atoms. The lowest BCUT2D eigenvalue weighted by molar-refractivity contribution is -0.133. The second kappa shape index (κ2) is 6.64. The van der Waals surface area contributed by atoms with Gasteiger partial charge >= 0.3 is 0 Å². The Balaban J connectivity index is 2.42. The van der Waals surface area contributed by atoms with Gasteiger partial charge in [-0.05, 0) is 30.6 Å². The maximum absolute atomic E-state index is 11.7. The van der Waals surface area contributed by atoms with Crippen LogP contribution < -0.4 is 4.72 Å². The number of hydrogen-bond donors (Lipinski definition) is 2. The van der Waals surface area contributed by atoms with Gasteiger partial charge in [-0.25, -0.2) is 0 Å². The molecule has 0 aromatic rings. The summed E-state index contributed by atoms with van der Waals surface area (Å²) < 4.78 is 8.19. The summed E-state index contributed by atoms with van der Waals surface area (Å²) in [5, 5.41) is 0.